The van der Waals surface area contributed by atoms with Gasteiger partial charge < -0.3 is 19.1 Å². The standard InChI is InChI=1S/C21H33ClN4O3/c1-14(2)6-9-24-12-13-26-16(17(22)23-18(26)19(24)27)15-7-10-25(11-8-15)20(28)29-21(3,4)5/h14-15H,6-13H2,1-5H3. The van der Waals surface area contributed by atoms with E-state index in [9.17, 15) is 9.59 Å². The largest absolute Gasteiger partial charge is 0.444 e. The van der Waals surface area contributed by atoms with Gasteiger partial charge in [0.25, 0.3) is 5.91 Å². The Bertz CT molecular complexity index is 761. The topological polar surface area (TPSA) is 67.7 Å². The van der Waals surface area contributed by atoms with Gasteiger partial charge in [0, 0.05) is 38.6 Å². The predicted octanol–water partition coefficient (Wildman–Crippen LogP) is 4.15. The first-order valence-electron chi connectivity index (χ1n) is 10.6. The molecule has 8 heteroatoms. The monoisotopic (exact) mass is 424 g/mol. The minimum Gasteiger partial charge on any atom is -0.444 e. The van der Waals surface area contributed by atoms with Crippen LogP contribution in [0.1, 0.15) is 76.1 Å². The molecule has 29 heavy (non-hydrogen) atoms. The molecular weight excluding hydrogens is 392 g/mol. The summed E-state index contributed by atoms with van der Waals surface area (Å²) in [6, 6.07) is 0. The van der Waals surface area contributed by atoms with Crippen LogP contribution in [0.15, 0.2) is 0 Å². The second-order valence-corrected chi connectivity index (χ2v) is 9.84. The van der Waals surface area contributed by atoms with Crippen molar-refractivity contribution in [3.63, 3.8) is 0 Å². The lowest BCUT2D eigenvalue weighted by Crippen LogP contribution is -2.43. The lowest BCUT2D eigenvalue weighted by atomic mass is 9.93. The third-order valence-corrected chi connectivity index (χ3v) is 5.82. The summed E-state index contributed by atoms with van der Waals surface area (Å²) in [6.45, 7) is 13.3. The van der Waals surface area contributed by atoms with E-state index in [4.69, 9.17) is 16.3 Å². The number of likely N-dealkylation sites (tertiary alicyclic amines) is 1. The summed E-state index contributed by atoms with van der Waals surface area (Å²) in [4.78, 5) is 33.2. The Balaban J connectivity index is 1.67. The second kappa shape index (κ2) is 8.54. The van der Waals surface area contributed by atoms with E-state index in [2.05, 4.69) is 18.8 Å². The van der Waals surface area contributed by atoms with Gasteiger partial charge in [-0.3, -0.25) is 4.79 Å². The van der Waals surface area contributed by atoms with Gasteiger partial charge in [-0.05, 0) is 46.0 Å². The highest BCUT2D eigenvalue weighted by atomic mass is 35.5. The van der Waals surface area contributed by atoms with Crippen LogP contribution in [-0.2, 0) is 11.3 Å². The number of fused-ring (bicyclic) bond motifs is 1. The quantitative estimate of drug-likeness (QED) is 0.728. The molecule has 0 unspecified atom stereocenters. The zero-order valence-electron chi connectivity index (χ0n) is 18.2. The molecule has 0 radical (unpaired) electrons. The van der Waals surface area contributed by atoms with E-state index >= 15 is 0 Å². The van der Waals surface area contributed by atoms with Gasteiger partial charge in [-0.2, -0.15) is 0 Å². The number of hydrogen-bond acceptors (Lipinski definition) is 4. The number of amides is 2. The molecule has 7 nitrogen and oxygen atoms in total. The van der Waals surface area contributed by atoms with Crippen LogP contribution in [0.2, 0.25) is 5.15 Å². The molecule has 0 bridgehead atoms. The van der Waals surface area contributed by atoms with Gasteiger partial charge in [0.1, 0.15) is 5.60 Å². The summed E-state index contributed by atoms with van der Waals surface area (Å²) in [5.74, 6) is 1.17. The summed E-state index contributed by atoms with van der Waals surface area (Å²) in [7, 11) is 0. The molecule has 2 amide bonds. The molecule has 0 spiro atoms. The average Bonchev–Trinajstić information content (AvgIpc) is 2.96. The lowest BCUT2D eigenvalue weighted by Gasteiger charge is -2.34. The highest BCUT2D eigenvalue weighted by Crippen LogP contribution is 2.35. The van der Waals surface area contributed by atoms with Crippen molar-refractivity contribution in [3.05, 3.63) is 16.7 Å². The normalized spacial score (nSPS) is 18.4. The Morgan fingerprint density at radius 2 is 1.86 bits per heavy atom. The van der Waals surface area contributed by atoms with Gasteiger partial charge in [0.05, 0.1) is 5.69 Å². The number of ether oxygens (including phenoxy) is 1. The lowest BCUT2D eigenvalue weighted by molar-refractivity contribution is 0.0203. The van der Waals surface area contributed by atoms with E-state index in [-0.39, 0.29) is 17.9 Å². The van der Waals surface area contributed by atoms with Gasteiger partial charge >= 0.3 is 6.09 Å². The minimum absolute atomic E-state index is 0.0313. The van der Waals surface area contributed by atoms with Crippen molar-refractivity contribution in [1.82, 2.24) is 19.4 Å². The first-order valence-corrected chi connectivity index (χ1v) is 11.0. The van der Waals surface area contributed by atoms with Crippen molar-refractivity contribution in [2.45, 2.75) is 71.9 Å². The Kier molecular flexibility index (Phi) is 6.46. The zero-order valence-corrected chi connectivity index (χ0v) is 19.0. The number of rotatable bonds is 4. The summed E-state index contributed by atoms with van der Waals surface area (Å²) >= 11 is 6.49. The van der Waals surface area contributed by atoms with Gasteiger partial charge in [-0.1, -0.05) is 25.4 Å². The van der Waals surface area contributed by atoms with Crippen molar-refractivity contribution in [2.24, 2.45) is 5.92 Å². The van der Waals surface area contributed by atoms with Crippen LogP contribution in [0.4, 0.5) is 4.79 Å². The fraction of sp³-hybridized carbons (Fsp3) is 0.762. The molecule has 3 heterocycles. The number of carbonyl (C=O) groups excluding carboxylic acids is 2. The molecule has 2 aliphatic heterocycles. The molecule has 162 valence electrons. The molecule has 0 N–H and O–H groups in total. The molecule has 1 fully saturated rings. The van der Waals surface area contributed by atoms with Gasteiger partial charge in [0.2, 0.25) is 5.82 Å². The molecule has 0 saturated carbocycles. The molecular formula is C21H33ClN4O3. The number of piperidine rings is 1. The van der Waals surface area contributed by atoms with Gasteiger partial charge in [-0.25, -0.2) is 9.78 Å². The van der Waals surface area contributed by atoms with Gasteiger partial charge in [0.15, 0.2) is 5.15 Å². The maximum Gasteiger partial charge on any atom is 0.410 e. The first-order chi connectivity index (χ1) is 13.6. The van der Waals surface area contributed by atoms with E-state index < -0.39 is 5.60 Å². The van der Waals surface area contributed by atoms with E-state index in [0.717, 1.165) is 38.0 Å². The minimum atomic E-state index is -0.496. The number of imidazole rings is 1. The molecule has 0 aromatic carbocycles. The van der Waals surface area contributed by atoms with Crippen molar-refractivity contribution < 1.29 is 14.3 Å². The van der Waals surface area contributed by atoms with Gasteiger partial charge in [-0.15, -0.1) is 0 Å². The average molecular weight is 425 g/mol. The molecule has 1 aromatic rings. The van der Waals surface area contributed by atoms with Crippen LogP contribution >= 0.6 is 11.6 Å². The summed E-state index contributed by atoms with van der Waals surface area (Å²) < 4.78 is 7.48. The van der Waals surface area contributed by atoms with E-state index in [1.54, 1.807) is 4.90 Å². The number of hydrogen-bond donors (Lipinski definition) is 0. The zero-order chi connectivity index (χ0) is 21.3. The second-order valence-electron chi connectivity index (χ2n) is 9.48. The number of carbonyl (C=O) groups is 2. The van der Waals surface area contributed by atoms with Crippen LogP contribution in [-0.4, -0.2) is 63.1 Å². The van der Waals surface area contributed by atoms with E-state index in [1.165, 1.54) is 0 Å². The van der Waals surface area contributed by atoms with Crippen molar-refractivity contribution >= 4 is 23.6 Å². The Morgan fingerprint density at radius 1 is 1.21 bits per heavy atom. The SMILES string of the molecule is CC(C)CCN1CCn2c(nc(Cl)c2C2CCN(C(=O)OC(C)(C)C)CC2)C1=O. The van der Waals surface area contributed by atoms with Crippen molar-refractivity contribution in [1.29, 1.82) is 0 Å². The van der Waals surface area contributed by atoms with Crippen molar-refractivity contribution in [2.75, 3.05) is 26.2 Å². The summed E-state index contributed by atoms with van der Waals surface area (Å²) in [5, 5.41) is 0.426. The Morgan fingerprint density at radius 3 is 2.45 bits per heavy atom. The molecule has 1 aromatic heterocycles. The maximum absolute atomic E-state index is 12.9. The van der Waals surface area contributed by atoms with Crippen LogP contribution in [0.5, 0.6) is 0 Å². The number of halogens is 1. The third-order valence-electron chi connectivity index (χ3n) is 5.54. The van der Waals surface area contributed by atoms with E-state index in [1.807, 2.05) is 30.2 Å². The smallest absolute Gasteiger partial charge is 0.410 e. The Hall–Kier alpha value is -1.76. The molecule has 0 aliphatic carbocycles. The molecule has 3 rings (SSSR count). The fourth-order valence-electron chi connectivity index (χ4n) is 3.97. The molecule has 1 saturated heterocycles. The number of nitrogens with zero attached hydrogens (tertiary/aromatic N) is 4. The highest BCUT2D eigenvalue weighted by molar-refractivity contribution is 6.30. The molecule has 0 atom stereocenters. The van der Waals surface area contributed by atoms with Crippen LogP contribution in [0.3, 0.4) is 0 Å². The summed E-state index contributed by atoms with van der Waals surface area (Å²) in [6.07, 6.45) is 2.29. The highest BCUT2D eigenvalue weighted by Gasteiger charge is 2.35. The molecule has 2 aliphatic rings. The fourth-order valence-corrected chi connectivity index (χ4v) is 4.30. The van der Waals surface area contributed by atoms with Crippen LogP contribution in [0, 0.1) is 5.92 Å². The number of aromatic nitrogens is 2. The Labute approximate surface area is 178 Å². The van der Waals surface area contributed by atoms with E-state index in [0.29, 0.717) is 36.5 Å². The predicted molar refractivity (Wildman–Crippen MR) is 112 cm³/mol. The van der Waals surface area contributed by atoms with Crippen LogP contribution in [0.25, 0.3) is 0 Å². The third kappa shape index (κ3) is 5.05. The maximum atomic E-state index is 12.9. The summed E-state index contributed by atoms with van der Waals surface area (Å²) in [5.41, 5.74) is 0.450. The van der Waals surface area contributed by atoms with Crippen LogP contribution < -0.4 is 0 Å². The first kappa shape index (κ1) is 21.9. The van der Waals surface area contributed by atoms with Crippen molar-refractivity contribution in [3.8, 4) is 0 Å².